The summed E-state index contributed by atoms with van der Waals surface area (Å²) in [4.78, 5) is 11.7. The van der Waals surface area contributed by atoms with E-state index in [1.807, 2.05) is 6.92 Å². The van der Waals surface area contributed by atoms with Crippen molar-refractivity contribution in [3.05, 3.63) is 0 Å². The lowest BCUT2D eigenvalue weighted by Gasteiger charge is -2.22. The van der Waals surface area contributed by atoms with Gasteiger partial charge in [0.2, 0.25) is 0 Å². The average Bonchev–Trinajstić information content (AvgIpc) is 3.04. The van der Waals surface area contributed by atoms with Gasteiger partial charge < -0.3 is 15.7 Å². The number of amides is 2. The van der Waals surface area contributed by atoms with Crippen LogP contribution in [0.4, 0.5) is 4.79 Å². The molecule has 0 bridgehead atoms. The van der Waals surface area contributed by atoms with Crippen LogP contribution in [0.5, 0.6) is 0 Å². The molecule has 1 aliphatic rings. The zero-order chi connectivity index (χ0) is 13.8. The standard InChI is InChI=1S/C14H28N2O2/c1-11(5-6-13(2,3)4)16-12(18)15-9-14(10-17)7-8-14/h11,17H,5-10H2,1-4H3,(H2,15,16,18). The van der Waals surface area contributed by atoms with Crippen molar-refractivity contribution < 1.29 is 9.90 Å². The second kappa shape index (κ2) is 5.91. The maximum absolute atomic E-state index is 11.7. The molecule has 0 saturated heterocycles. The quantitative estimate of drug-likeness (QED) is 0.682. The van der Waals surface area contributed by atoms with E-state index in [-0.39, 0.29) is 24.1 Å². The number of aliphatic hydroxyl groups excluding tert-OH is 1. The lowest BCUT2D eigenvalue weighted by atomic mass is 9.89. The highest BCUT2D eigenvalue weighted by atomic mass is 16.3. The van der Waals surface area contributed by atoms with Gasteiger partial charge in [-0.2, -0.15) is 0 Å². The molecule has 1 atom stereocenters. The first-order chi connectivity index (χ1) is 8.26. The van der Waals surface area contributed by atoms with E-state index in [1.54, 1.807) is 0 Å². The van der Waals surface area contributed by atoms with Crippen LogP contribution in [0.25, 0.3) is 0 Å². The van der Waals surface area contributed by atoms with E-state index in [2.05, 4.69) is 31.4 Å². The van der Waals surface area contributed by atoms with Crippen molar-refractivity contribution in [3.63, 3.8) is 0 Å². The van der Waals surface area contributed by atoms with Gasteiger partial charge in [-0.1, -0.05) is 20.8 Å². The summed E-state index contributed by atoms with van der Waals surface area (Å²) >= 11 is 0. The minimum Gasteiger partial charge on any atom is -0.396 e. The van der Waals surface area contributed by atoms with Crippen molar-refractivity contribution in [2.45, 2.75) is 59.4 Å². The Kier molecular flexibility index (Phi) is 5.02. The highest BCUT2D eigenvalue weighted by Crippen LogP contribution is 2.44. The zero-order valence-corrected chi connectivity index (χ0v) is 12.2. The predicted octanol–water partition coefficient (Wildman–Crippen LogP) is 2.27. The molecule has 4 heteroatoms. The molecule has 1 saturated carbocycles. The summed E-state index contributed by atoms with van der Waals surface area (Å²) in [5.41, 5.74) is 0.285. The number of nitrogens with one attached hydrogen (secondary N) is 2. The molecule has 1 unspecified atom stereocenters. The molecule has 0 aromatic heterocycles. The summed E-state index contributed by atoms with van der Waals surface area (Å²) in [5, 5.41) is 15.0. The Bertz CT molecular complexity index is 280. The first kappa shape index (κ1) is 15.3. The zero-order valence-electron chi connectivity index (χ0n) is 12.2. The average molecular weight is 256 g/mol. The van der Waals surface area contributed by atoms with Crippen LogP contribution in [-0.4, -0.2) is 30.3 Å². The normalized spacial score (nSPS) is 19.2. The van der Waals surface area contributed by atoms with Crippen LogP contribution in [0.1, 0.15) is 53.4 Å². The number of rotatable bonds is 6. The van der Waals surface area contributed by atoms with Crippen LogP contribution in [0.2, 0.25) is 0 Å². The minimum absolute atomic E-state index is 0.0218. The molecule has 0 aromatic carbocycles. The maximum Gasteiger partial charge on any atom is 0.315 e. The molecule has 3 N–H and O–H groups in total. The Morgan fingerprint density at radius 1 is 1.39 bits per heavy atom. The molecule has 1 aliphatic carbocycles. The smallest absolute Gasteiger partial charge is 0.315 e. The maximum atomic E-state index is 11.7. The molecule has 0 spiro atoms. The van der Waals surface area contributed by atoms with Crippen LogP contribution in [0.3, 0.4) is 0 Å². The van der Waals surface area contributed by atoms with Gasteiger partial charge >= 0.3 is 6.03 Å². The third kappa shape index (κ3) is 5.71. The Morgan fingerprint density at radius 2 is 2.00 bits per heavy atom. The fourth-order valence-corrected chi connectivity index (χ4v) is 1.83. The van der Waals surface area contributed by atoms with Gasteiger partial charge in [-0.25, -0.2) is 4.79 Å². The van der Waals surface area contributed by atoms with Crippen LogP contribution in [0, 0.1) is 10.8 Å². The van der Waals surface area contributed by atoms with E-state index < -0.39 is 0 Å². The van der Waals surface area contributed by atoms with Crippen molar-refractivity contribution in [2.75, 3.05) is 13.2 Å². The molecule has 2 amide bonds. The minimum atomic E-state index is -0.115. The van der Waals surface area contributed by atoms with Gasteiger partial charge in [-0.15, -0.1) is 0 Å². The van der Waals surface area contributed by atoms with Crippen LogP contribution >= 0.6 is 0 Å². The van der Waals surface area contributed by atoms with Gasteiger partial charge in [-0.05, 0) is 38.0 Å². The number of aliphatic hydroxyl groups is 1. The highest BCUT2D eigenvalue weighted by Gasteiger charge is 2.42. The SMILES string of the molecule is CC(CCC(C)(C)C)NC(=O)NCC1(CO)CC1. The van der Waals surface area contributed by atoms with Gasteiger partial charge in [0.05, 0.1) is 6.61 Å². The van der Waals surface area contributed by atoms with Gasteiger partial charge in [0.25, 0.3) is 0 Å². The molecular weight excluding hydrogens is 228 g/mol. The number of urea groups is 1. The van der Waals surface area contributed by atoms with E-state index in [1.165, 1.54) is 0 Å². The molecule has 1 rings (SSSR count). The lowest BCUT2D eigenvalue weighted by molar-refractivity contribution is 0.201. The van der Waals surface area contributed by atoms with E-state index in [9.17, 15) is 4.79 Å². The van der Waals surface area contributed by atoms with Gasteiger partial charge in [-0.3, -0.25) is 0 Å². The summed E-state index contributed by atoms with van der Waals surface area (Å²) in [5.74, 6) is 0. The molecule has 4 nitrogen and oxygen atoms in total. The Hall–Kier alpha value is -0.770. The van der Waals surface area contributed by atoms with Crippen LogP contribution in [-0.2, 0) is 0 Å². The summed E-state index contributed by atoms with van der Waals surface area (Å²) in [6.07, 6.45) is 4.11. The molecule has 18 heavy (non-hydrogen) atoms. The number of carbonyl (C=O) groups excluding carboxylic acids is 1. The topological polar surface area (TPSA) is 61.4 Å². The summed E-state index contributed by atoms with van der Waals surface area (Å²) in [7, 11) is 0. The fourth-order valence-electron chi connectivity index (χ4n) is 1.83. The Morgan fingerprint density at radius 3 is 2.44 bits per heavy atom. The number of carbonyl (C=O) groups is 1. The first-order valence-electron chi connectivity index (χ1n) is 6.92. The predicted molar refractivity (Wildman–Crippen MR) is 73.4 cm³/mol. The van der Waals surface area contributed by atoms with E-state index in [0.717, 1.165) is 25.7 Å². The van der Waals surface area contributed by atoms with Gasteiger partial charge in [0, 0.05) is 18.0 Å². The summed E-state index contributed by atoms with van der Waals surface area (Å²) < 4.78 is 0. The van der Waals surface area contributed by atoms with Crippen molar-refractivity contribution in [3.8, 4) is 0 Å². The Labute approximate surface area is 111 Å². The van der Waals surface area contributed by atoms with Crippen molar-refractivity contribution >= 4 is 6.03 Å². The molecule has 0 heterocycles. The first-order valence-corrected chi connectivity index (χ1v) is 6.92. The van der Waals surface area contributed by atoms with Crippen molar-refractivity contribution in [1.82, 2.24) is 10.6 Å². The van der Waals surface area contributed by atoms with Crippen molar-refractivity contribution in [1.29, 1.82) is 0 Å². The molecule has 0 aromatic rings. The summed E-state index contributed by atoms with van der Waals surface area (Å²) in [6.45, 7) is 9.41. The molecule has 1 fully saturated rings. The molecular formula is C14H28N2O2. The second-order valence-electron chi connectivity index (χ2n) is 6.99. The third-order valence-electron chi connectivity index (χ3n) is 3.62. The fraction of sp³-hybridized carbons (Fsp3) is 0.929. The van der Waals surface area contributed by atoms with Crippen molar-refractivity contribution in [2.24, 2.45) is 10.8 Å². The number of hydrogen-bond acceptors (Lipinski definition) is 2. The molecule has 106 valence electrons. The number of hydrogen-bond donors (Lipinski definition) is 3. The van der Waals surface area contributed by atoms with E-state index in [0.29, 0.717) is 12.0 Å². The third-order valence-corrected chi connectivity index (χ3v) is 3.62. The summed E-state index contributed by atoms with van der Waals surface area (Å²) in [6, 6.07) is 0.0737. The van der Waals surface area contributed by atoms with Gasteiger partial charge in [0.15, 0.2) is 0 Å². The van der Waals surface area contributed by atoms with E-state index >= 15 is 0 Å². The van der Waals surface area contributed by atoms with E-state index in [4.69, 9.17) is 5.11 Å². The lowest BCUT2D eigenvalue weighted by Crippen LogP contribution is -2.43. The Balaban J connectivity index is 2.15. The van der Waals surface area contributed by atoms with Gasteiger partial charge in [0.1, 0.15) is 0 Å². The highest BCUT2D eigenvalue weighted by molar-refractivity contribution is 5.74. The monoisotopic (exact) mass is 256 g/mol. The second-order valence-corrected chi connectivity index (χ2v) is 6.99. The largest absolute Gasteiger partial charge is 0.396 e. The van der Waals surface area contributed by atoms with Crippen LogP contribution < -0.4 is 10.6 Å². The van der Waals surface area contributed by atoms with Crippen LogP contribution in [0.15, 0.2) is 0 Å². The molecule has 0 aliphatic heterocycles. The molecule has 0 radical (unpaired) electrons.